The summed E-state index contributed by atoms with van der Waals surface area (Å²) in [5, 5.41) is 10.7. The van der Waals surface area contributed by atoms with E-state index in [1.807, 2.05) is 12.3 Å². The zero-order valence-electron chi connectivity index (χ0n) is 9.68. The first-order valence-electron chi connectivity index (χ1n) is 5.55. The highest BCUT2D eigenvalue weighted by Gasteiger charge is 1.99. The van der Waals surface area contributed by atoms with Gasteiger partial charge in [0.1, 0.15) is 12.1 Å². The van der Waals surface area contributed by atoms with E-state index in [2.05, 4.69) is 38.5 Å². The van der Waals surface area contributed by atoms with Gasteiger partial charge in [-0.2, -0.15) is 5.10 Å². The van der Waals surface area contributed by atoms with Gasteiger partial charge in [-0.1, -0.05) is 24.8 Å². The molecule has 5 nitrogen and oxygen atoms in total. The number of rotatable bonds is 6. The SMILES string of the molecule is CCCNc1ccc(CSc2ncn[nH]2)cn1. The van der Waals surface area contributed by atoms with E-state index in [4.69, 9.17) is 0 Å². The van der Waals surface area contributed by atoms with E-state index in [9.17, 15) is 0 Å². The maximum atomic E-state index is 4.35. The van der Waals surface area contributed by atoms with E-state index < -0.39 is 0 Å². The highest BCUT2D eigenvalue weighted by atomic mass is 32.2. The first-order chi connectivity index (χ1) is 8.38. The largest absolute Gasteiger partial charge is 0.370 e. The molecule has 2 aromatic heterocycles. The fourth-order valence-electron chi connectivity index (χ4n) is 1.28. The van der Waals surface area contributed by atoms with Crippen LogP contribution in [0.5, 0.6) is 0 Å². The van der Waals surface area contributed by atoms with Crippen molar-refractivity contribution in [2.45, 2.75) is 24.3 Å². The van der Waals surface area contributed by atoms with Crippen molar-refractivity contribution in [2.75, 3.05) is 11.9 Å². The van der Waals surface area contributed by atoms with Crippen LogP contribution < -0.4 is 5.32 Å². The van der Waals surface area contributed by atoms with Crippen molar-refractivity contribution in [2.24, 2.45) is 0 Å². The molecule has 17 heavy (non-hydrogen) atoms. The number of hydrogen-bond acceptors (Lipinski definition) is 5. The fourth-order valence-corrected chi connectivity index (χ4v) is 2.00. The van der Waals surface area contributed by atoms with Crippen LogP contribution in [0.2, 0.25) is 0 Å². The van der Waals surface area contributed by atoms with E-state index in [1.165, 1.54) is 11.9 Å². The number of hydrogen-bond donors (Lipinski definition) is 2. The number of pyridine rings is 1. The number of nitrogens with zero attached hydrogens (tertiary/aromatic N) is 3. The highest BCUT2D eigenvalue weighted by Crippen LogP contribution is 2.18. The first kappa shape index (κ1) is 11.9. The summed E-state index contributed by atoms with van der Waals surface area (Å²) in [4.78, 5) is 8.40. The smallest absolute Gasteiger partial charge is 0.183 e. The normalized spacial score (nSPS) is 10.4. The van der Waals surface area contributed by atoms with Gasteiger partial charge in [-0.05, 0) is 18.1 Å². The van der Waals surface area contributed by atoms with E-state index in [1.54, 1.807) is 11.8 Å². The molecule has 2 aromatic rings. The number of thioether (sulfide) groups is 1. The number of nitrogens with one attached hydrogen (secondary N) is 2. The lowest BCUT2D eigenvalue weighted by Gasteiger charge is -2.04. The summed E-state index contributed by atoms with van der Waals surface area (Å²) in [6.07, 6.45) is 4.50. The molecule has 0 saturated carbocycles. The van der Waals surface area contributed by atoms with Crippen LogP contribution in [0.15, 0.2) is 29.8 Å². The summed E-state index contributed by atoms with van der Waals surface area (Å²) < 4.78 is 0. The topological polar surface area (TPSA) is 66.5 Å². The van der Waals surface area contributed by atoms with Crippen molar-refractivity contribution >= 4 is 17.6 Å². The minimum absolute atomic E-state index is 0.832. The summed E-state index contributed by atoms with van der Waals surface area (Å²) >= 11 is 1.61. The summed E-state index contributed by atoms with van der Waals surface area (Å²) in [7, 11) is 0. The lowest BCUT2D eigenvalue weighted by molar-refractivity contribution is 0.967. The maximum absolute atomic E-state index is 4.35. The monoisotopic (exact) mass is 249 g/mol. The zero-order valence-corrected chi connectivity index (χ0v) is 10.5. The van der Waals surface area contributed by atoms with E-state index in [-0.39, 0.29) is 0 Å². The van der Waals surface area contributed by atoms with E-state index in [0.29, 0.717) is 0 Å². The third-order valence-electron chi connectivity index (χ3n) is 2.15. The Labute approximate surface area is 104 Å². The van der Waals surface area contributed by atoms with Crippen molar-refractivity contribution in [3.05, 3.63) is 30.2 Å². The van der Waals surface area contributed by atoms with Gasteiger partial charge >= 0.3 is 0 Å². The second-order valence-electron chi connectivity index (χ2n) is 3.56. The first-order valence-corrected chi connectivity index (χ1v) is 6.54. The van der Waals surface area contributed by atoms with Crippen LogP contribution in [0, 0.1) is 0 Å². The van der Waals surface area contributed by atoms with Crippen LogP contribution in [0.25, 0.3) is 0 Å². The zero-order chi connectivity index (χ0) is 11.9. The molecule has 0 saturated heterocycles. The minimum atomic E-state index is 0.832. The Hall–Kier alpha value is -1.56. The molecule has 0 spiro atoms. The summed E-state index contributed by atoms with van der Waals surface area (Å²) in [5.74, 6) is 1.77. The standard InChI is InChI=1S/C11H15N5S/c1-2-5-12-10-4-3-9(6-13-10)7-17-11-14-8-15-16-11/h3-4,6,8H,2,5,7H2,1H3,(H,12,13)(H,14,15,16). The molecule has 2 heterocycles. The molecule has 0 bridgehead atoms. The summed E-state index contributed by atoms with van der Waals surface area (Å²) in [5.41, 5.74) is 1.17. The molecule has 0 atom stereocenters. The molecule has 0 aliphatic carbocycles. The molecular weight excluding hydrogens is 234 g/mol. The van der Waals surface area contributed by atoms with E-state index in [0.717, 1.165) is 29.7 Å². The van der Waals surface area contributed by atoms with Crippen LogP contribution in [-0.4, -0.2) is 26.7 Å². The molecule has 0 radical (unpaired) electrons. The average molecular weight is 249 g/mol. The minimum Gasteiger partial charge on any atom is -0.370 e. The van der Waals surface area contributed by atoms with Crippen LogP contribution in [0.3, 0.4) is 0 Å². The lowest BCUT2D eigenvalue weighted by Crippen LogP contribution is -2.01. The molecule has 0 amide bonds. The number of aromatic nitrogens is 4. The Bertz CT molecular complexity index is 426. The third-order valence-corrected chi connectivity index (χ3v) is 3.10. The molecule has 0 aromatic carbocycles. The maximum Gasteiger partial charge on any atom is 0.183 e. The lowest BCUT2D eigenvalue weighted by atomic mass is 10.3. The number of H-pyrrole nitrogens is 1. The van der Waals surface area contributed by atoms with Gasteiger partial charge in [0.15, 0.2) is 5.16 Å². The Morgan fingerprint density at radius 1 is 1.35 bits per heavy atom. The molecule has 0 aliphatic rings. The summed E-state index contributed by atoms with van der Waals surface area (Å²) in [6.45, 7) is 3.09. The Balaban J connectivity index is 1.85. The van der Waals surface area contributed by atoms with Crippen molar-refractivity contribution < 1.29 is 0 Å². The molecule has 0 fully saturated rings. The van der Waals surface area contributed by atoms with Crippen molar-refractivity contribution in [1.82, 2.24) is 20.2 Å². The molecule has 0 aliphatic heterocycles. The number of anilines is 1. The molecule has 0 unspecified atom stereocenters. The van der Waals surface area contributed by atoms with Crippen LogP contribution in [0.1, 0.15) is 18.9 Å². The van der Waals surface area contributed by atoms with E-state index >= 15 is 0 Å². The van der Waals surface area contributed by atoms with Crippen LogP contribution in [0.4, 0.5) is 5.82 Å². The predicted octanol–water partition coefficient (Wildman–Crippen LogP) is 2.31. The highest BCUT2D eigenvalue weighted by molar-refractivity contribution is 7.98. The van der Waals surface area contributed by atoms with Crippen molar-refractivity contribution in [3.8, 4) is 0 Å². The van der Waals surface area contributed by atoms with Gasteiger partial charge < -0.3 is 5.32 Å². The average Bonchev–Trinajstić information content (AvgIpc) is 2.88. The van der Waals surface area contributed by atoms with Crippen LogP contribution >= 0.6 is 11.8 Å². The molecule has 6 heteroatoms. The summed E-state index contributed by atoms with van der Waals surface area (Å²) in [6, 6.07) is 4.08. The van der Waals surface area contributed by atoms with Gasteiger partial charge in [-0.15, -0.1) is 0 Å². The van der Waals surface area contributed by atoms with Crippen molar-refractivity contribution in [1.29, 1.82) is 0 Å². The molecule has 90 valence electrons. The second-order valence-corrected chi connectivity index (χ2v) is 4.52. The second kappa shape index (κ2) is 6.24. The van der Waals surface area contributed by atoms with Gasteiger partial charge in [-0.3, -0.25) is 5.10 Å². The quantitative estimate of drug-likeness (QED) is 0.769. The molecular formula is C11H15N5S. The predicted molar refractivity (Wildman–Crippen MR) is 69.0 cm³/mol. The fraction of sp³-hybridized carbons (Fsp3) is 0.364. The van der Waals surface area contributed by atoms with Gasteiger partial charge in [-0.25, -0.2) is 9.97 Å². The van der Waals surface area contributed by atoms with Crippen LogP contribution in [-0.2, 0) is 5.75 Å². The Morgan fingerprint density at radius 2 is 2.29 bits per heavy atom. The van der Waals surface area contributed by atoms with Gasteiger partial charge in [0.2, 0.25) is 0 Å². The van der Waals surface area contributed by atoms with Gasteiger partial charge in [0.25, 0.3) is 0 Å². The Kier molecular flexibility index (Phi) is 4.37. The molecule has 2 N–H and O–H groups in total. The van der Waals surface area contributed by atoms with Crippen molar-refractivity contribution in [3.63, 3.8) is 0 Å². The third kappa shape index (κ3) is 3.74. The number of aromatic amines is 1. The van der Waals surface area contributed by atoms with Gasteiger partial charge in [0, 0.05) is 18.5 Å². The molecule has 2 rings (SSSR count). The van der Waals surface area contributed by atoms with Gasteiger partial charge in [0.05, 0.1) is 0 Å². The Morgan fingerprint density at radius 3 is 2.94 bits per heavy atom.